The van der Waals surface area contributed by atoms with Gasteiger partial charge in [-0.25, -0.2) is 4.39 Å². The highest BCUT2D eigenvalue weighted by molar-refractivity contribution is 5.76. The smallest absolute Gasteiger partial charge is 0.222 e. The molecule has 0 radical (unpaired) electrons. The molecule has 1 aromatic carbocycles. The quantitative estimate of drug-likeness (QED) is 0.826. The van der Waals surface area contributed by atoms with Crippen LogP contribution in [-0.4, -0.2) is 48.9 Å². The first-order chi connectivity index (χ1) is 11.5. The summed E-state index contributed by atoms with van der Waals surface area (Å²) in [5, 5.41) is 0. The van der Waals surface area contributed by atoms with Crippen LogP contribution in [-0.2, 0) is 11.2 Å². The van der Waals surface area contributed by atoms with E-state index in [1.165, 1.54) is 18.9 Å². The molecule has 24 heavy (non-hydrogen) atoms. The van der Waals surface area contributed by atoms with Crippen molar-refractivity contribution in [1.82, 2.24) is 9.80 Å². The second-order valence-electron chi connectivity index (χ2n) is 7.83. The normalized spacial score (nSPS) is 29.0. The van der Waals surface area contributed by atoms with E-state index in [-0.39, 0.29) is 11.7 Å². The molecule has 0 aromatic heterocycles. The zero-order chi connectivity index (χ0) is 17.3. The third-order valence-electron chi connectivity index (χ3n) is 6.20. The monoisotopic (exact) mass is 332 g/mol. The van der Waals surface area contributed by atoms with Crippen molar-refractivity contribution < 1.29 is 9.18 Å². The van der Waals surface area contributed by atoms with Gasteiger partial charge in [0.05, 0.1) is 0 Å². The standard InChI is InChI=1S/C20H29FN2O/c1-22(2)17-10-15-12-18(13-16(15)11-17)23(3)20(24)9-8-14-6-4-5-7-19(14)21/h4-7,15-18H,8-13H2,1-3H3/t15-,16+,17?,18?. The van der Waals surface area contributed by atoms with E-state index in [2.05, 4.69) is 19.0 Å². The van der Waals surface area contributed by atoms with Crippen LogP contribution < -0.4 is 0 Å². The van der Waals surface area contributed by atoms with Crippen molar-refractivity contribution in [2.45, 2.75) is 50.6 Å². The molecule has 0 heterocycles. The number of hydrogen-bond acceptors (Lipinski definition) is 2. The van der Waals surface area contributed by atoms with Crippen molar-refractivity contribution in [3.8, 4) is 0 Å². The minimum atomic E-state index is -0.210. The van der Waals surface area contributed by atoms with Gasteiger partial charge in [0.1, 0.15) is 5.82 Å². The molecule has 1 amide bonds. The molecule has 2 fully saturated rings. The lowest BCUT2D eigenvalue weighted by molar-refractivity contribution is -0.131. The van der Waals surface area contributed by atoms with Crippen molar-refractivity contribution >= 4 is 5.91 Å². The molecular weight excluding hydrogens is 303 g/mol. The first-order valence-electron chi connectivity index (χ1n) is 9.11. The number of benzene rings is 1. The number of amides is 1. The predicted octanol–water partition coefficient (Wildman–Crippen LogP) is 3.34. The van der Waals surface area contributed by atoms with Crippen LogP contribution in [0.1, 0.15) is 37.7 Å². The van der Waals surface area contributed by atoms with E-state index in [9.17, 15) is 9.18 Å². The predicted molar refractivity (Wildman–Crippen MR) is 94.2 cm³/mol. The van der Waals surface area contributed by atoms with Crippen LogP contribution in [0.4, 0.5) is 4.39 Å². The minimum Gasteiger partial charge on any atom is -0.343 e. The van der Waals surface area contributed by atoms with E-state index in [1.807, 2.05) is 18.0 Å². The molecule has 2 unspecified atom stereocenters. The molecular formula is C20H29FN2O. The Kier molecular flexibility index (Phi) is 5.24. The third kappa shape index (κ3) is 3.64. The van der Waals surface area contributed by atoms with Gasteiger partial charge in [0.25, 0.3) is 0 Å². The van der Waals surface area contributed by atoms with E-state index < -0.39 is 0 Å². The molecule has 4 atom stereocenters. The lowest BCUT2D eigenvalue weighted by Gasteiger charge is -2.27. The fourth-order valence-electron chi connectivity index (χ4n) is 4.61. The molecule has 2 aliphatic carbocycles. The lowest BCUT2D eigenvalue weighted by atomic mass is 10.0. The maximum atomic E-state index is 13.7. The number of hydrogen-bond donors (Lipinski definition) is 0. The zero-order valence-corrected chi connectivity index (χ0v) is 15.0. The Morgan fingerprint density at radius 1 is 1.04 bits per heavy atom. The Hall–Kier alpha value is -1.42. The van der Waals surface area contributed by atoms with Gasteiger partial charge in [0.2, 0.25) is 5.91 Å². The van der Waals surface area contributed by atoms with Gasteiger partial charge >= 0.3 is 0 Å². The van der Waals surface area contributed by atoms with Crippen molar-refractivity contribution in [3.05, 3.63) is 35.6 Å². The van der Waals surface area contributed by atoms with Gasteiger partial charge in [-0.05, 0) is 69.7 Å². The van der Waals surface area contributed by atoms with Crippen LogP contribution in [0.15, 0.2) is 24.3 Å². The Morgan fingerprint density at radius 3 is 2.21 bits per heavy atom. The Bertz CT molecular complexity index is 575. The van der Waals surface area contributed by atoms with Crippen LogP contribution in [0.5, 0.6) is 0 Å². The number of halogens is 1. The number of carbonyl (C=O) groups excluding carboxylic acids is 1. The summed E-state index contributed by atoms with van der Waals surface area (Å²) >= 11 is 0. The molecule has 2 saturated carbocycles. The maximum Gasteiger partial charge on any atom is 0.222 e. The minimum absolute atomic E-state index is 0.146. The first-order valence-corrected chi connectivity index (χ1v) is 9.11. The lowest BCUT2D eigenvalue weighted by Crippen LogP contribution is -2.36. The summed E-state index contributed by atoms with van der Waals surface area (Å²) in [6.45, 7) is 0. The van der Waals surface area contributed by atoms with Crippen LogP contribution in [0.25, 0.3) is 0 Å². The van der Waals surface area contributed by atoms with Gasteiger partial charge in [0, 0.05) is 25.6 Å². The summed E-state index contributed by atoms with van der Waals surface area (Å²) in [6.07, 6.45) is 5.69. The van der Waals surface area contributed by atoms with E-state index in [0.29, 0.717) is 30.5 Å². The number of carbonyl (C=O) groups is 1. The van der Waals surface area contributed by atoms with Crippen molar-refractivity contribution in [2.24, 2.45) is 11.8 Å². The van der Waals surface area contributed by atoms with Gasteiger partial charge in [0.15, 0.2) is 0 Å². The fraction of sp³-hybridized carbons (Fsp3) is 0.650. The fourth-order valence-corrected chi connectivity index (χ4v) is 4.61. The van der Waals surface area contributed by atoms with E-state index in [4.69, 9.17) is 0 Å². The van der Waals surface area contributed by atoms with Gasteiger partial charge in [-0.3, -0.25) is 4.79 Å². The summed E-state index contributed by atoms with van der Waals surface area (Å²) in [7, 11) is 6.27. The summed E-state index contributed by atoms with van der Waals surface area (Å²) in [5.41, 5.74) is 0.636. The summed E-state index contributed by atoms with van der Waals surface area (Å²) in [6, 6.07) is 7.82. The number of aryl methyl sites for hydroxylation is 1. The third-order valence-corrected chi connectivity index (χ3v) is 6.20. The van der Waals surface area contributed by atoms with Crippen LogP contribution in [0.2, 0.25) is 0 Å². The van der Waals surface area contributed by atoms with Gasteiger partial charge < -0.3 is 9.80 Å². The molecule has 0 bridgehead atoms. The van der Waals surface area contributed by atoms with Gasteiger partial charge in [-0.2, -0.15) is 0 Å². The summed E-state index contributed by atoms with van der Waals surface area (Å²) in [4.78, 5) is 16.8. The molecule has 132 valence electrons. The highest BCUT2D eigenvalue weighted by atomic mass is 19.1. The largest absolute Gasteiger partial charge is 0.343 e. The molecule has 0 spiro atoms. The average Bonchev–Trinajstić information content (AvgIpc) is 3.12. The molecule has 0 saturated heterocycles. The van der Waals surface area contributed by atoms with E-state index in [1.54, 1.807) is 12.1 Å². The zero-order valence-electron chi connectivity index (χ0n) is 15.0. The topological polar surface area (TPSA) is 23.6 Å². The molecule has 4 heteroatoms. The summed E-state index contributed by atoms with van der Waals surface area (Å²) < 4.78 is 13.7. The molecule has 0 N–H and O–H groups in total. The van der Waals surface area contributed by atoms with Gasteiger partial charge in [-0.15, -0.1) is 0 Å². The molecule has 3 nitrogen and oxygen atoms in total. The Labute approximate surface area is 144 Å². The van der Waals surface area contributed by atoms with E-state index in [0.717, 1.165) is 24.7 Å². The number of fused-ring (bicyclic) bond motifs is 1. The molecule has 3 rings (SSSR count). The number of nitrogens with zero attached hydrogens (tertiary/aromatic N) is 2. The van der Waals surface area contributed by atoms with Crippen molar-refractivity contribution in [2.75, 3.05) is 21.1 Å². The second-order valence-corrected chi connectivity index (χ2v) is 7.83. The Morgan fingerprint density at radius 2 is 1.62 bits per heavy atom. The van der Waals surface area contributed by atoms with Crippen LogP contribution in [0, 0.1) is 17.7 Å². The van der Waals surface area contributed by atoms with Crippen LogP contribution in [0.3, 0.4) is 0 Å². The van der Waals surface area contributed by atoms with Gasteiger partial charge in [-0.1, -0.05) is 18.2 Å². The highest BCUT2D eigenvalue weighted by Gasteiger charge is 2.43. The first kappa shape index (κ1) is 17.4. The maximum absolute atomic E-state index is 13.7. The van der Waals surface area contributed by atoms with Crippen molar-refractivity contribution in [1.29, 1.82) is 0 Å². The molecule has 2 aliphatic rings. The highest BCUT2D eigenvalue weighted by Crippen LogP contribution is 2.46. The van der Waals surface area contributed by atoms with Crippen LogP contribution >= 0.6 is 0 Å². The van der Waals surface area contributed by atoms with E-state index >= 15 is 0 Å². The average molecular weight is 332 g/mol. The molecule has 0 aliphatic heterocycles. The Balaban J connectivity index is 1.50. The van der Waals surface area contributed by atoms with Crippen molar-refractivity contribution in [3.63, 3.8) is 0 Å². The number of rotatable bonds is 5. The molecule has 1 aromatic rings. The second kappa shape index (κ2) is 7.22. The summed E-state index contributed by atoms with van der Waals surface area (Å²) in [5.74, 6) is 1.47. The SMILES string of the molecule is CN(C)C1C[C@@H]2CC(N(C)C(=O)CCc3ccccc3F)C[C@@H]2C1.